The van der Waals surface area contributed by atoms with Gasteiger partial charge in [-0.2, -0.15) is 0 Å². The van der Waals surface area contributed by atoms with Crippen LogP contribution in [0, 0.1) is 0 Å². The van der Waals surface area contributed by atoms with Crippen molar-refractivity contribution in [2.24, 2.45) is 4.99 Å². The quantitative estimate of drug-likeness (QED) is 0.259. The van der Waals surface area contributed by atoms with Gasteiger partial charge in [-0.3, -0.25) is 9.79 Å². The molecule has 1 atom stereocenters. The smallest absolute Gasteiger partial charge is 0.220 e. The number of carbonyl (C=O) groups excluding carboxylic acids is 1. The Hall–Kier alpha value is -1.69. The fourth-order valence-corrected chi connectivity index (χ4v) is 3.24. The maximum absolute atomic E-state index is 11.7. The maximum Gasteiger partial charge on any atom is 0.220 e. The first-order chi connectivity index (χ1) is 12.2. The van der Waals surface area contributed by atoms with Crippen LogP contribution in [-0.4, -0.2) is 42.8 Å². The lowest BCUT2D eigenvalue weighted by atomic mass is 10.3. The number of amides is 1. The molecule has 3 N–H and O–H groups in total. The number of nitrogens with one attached hydrogen (secondary N) is 3. The van der Waals surface area contributed by atoms with Crippen molar-refractivity contribution in [3.63, 3.8) is 0 Å². The van der Waals surface area contributed by atoms with Gasteiger partial charge in [0, 0.05) is 35.7 Å². The molecule has 1 fully saturated rings. The SMILES string of the molecule is CCNC(=NCC(C)Sc1ccccc1)NCCCC(=O)NC1CC1. The molecule has 0 bridgehead atoms. The number of hydrogen-bond acceptors (Lipinski definition) is 3. The van der Waals surface area contributed by atoms with Gasteiger partial charge in [0.1, 0.15) is 0 Å². The van der Waals surface area contributed by atoms with E-state index in [1.807, 2.05) is 17.8 Å². The summed E-state index contributed by atoms with van der Waals surface area (Å²) in [7, 11) is 0. The number of aliphatic imine (C=N–C) groups is 1. The fourth-order valence-electron chi connectivity index (χ4n) is 2.31. The maximum atomic E-state index is 11.7. The summed E-state index contributed by atoms with van der Waals surface area (Å²) in [5, 5.41) is 9.99. The van der Waals surface area contributed by atoms with E-state index in [9.17, 15) is 4.79 Å². The van der Waals surface area contributed by atoms with Crippen molar-refractivity contribution in [2.45, 2.75) is 55.7 Å². The zero-order chi connectivity index (χ0) is 17.9. The minimum atomic E-state index is 0.166. The first-order valence-corrected chi connectivity index (χ1v) is 10.1. The van der Waals surface area contributed by atoms with Crippen molar-refractivity contribution < 1.29 is 4.79 Å². The van der Waals surface area contributed by atoms with Gasteiger partial charge in [0.15, 0.2) is 5.96 Å². The van der Waals surface area contributed by atoms with Gasteiger partial charge in [0.05, 0.1) is 6.54 Å². The van der Waals surface area contributed by atoms with Gasteiger partial charge >= 0.3 is 0 Å². The summed E-state index contributed by atoms with van der Waals surface area (Å²) < 4.78 is 0. The Bertz CT molecular complexity index is 546. The average Bonchev–Trinajstić information content (AvgIpc) is 3.41. The Morgan fingerprint density at radius 2 is 2.04 bits per heavy atom. The molecule has 1 aromatic rings. The average molecular weight is 363 g/mol. The number of nitrogens with zero attached hydrogens (tertiary/aromatic N) is 1. The van der Waals surface area contributed by atoms with E-state index in [1.54, 1.807) is 0 Å². The molecule has 1 aliphatic carbocycles. The van der Waals surface area contributed by atoms with Crippen molar-refractivity contribution in [1.29, 1.82) is 0 Å². The van der Waals surface area contributed by atoms with E-state index in [0.717, 1.165) is 44.9 Å². The van der Waals surface area contributed by atoms with Crippen LogP contribution in [0.3, 0.4) is 0 Å². The van der Waals surface area contributed by atoms with Gasteiger partial charge in [-0.15, -0.1) is 11.8 Å². The lowest BCUT2D eigenvalue weighted by Gasteiger charge is -2.13. The number of rotatable bonds is 10. The van der Waals surface area contributed by atoms with Crippen LogP contribution in [0.5, 0.6) is 0 Å². The highest BCUT2D eigenvalue weighted by Crippen LogP contribution is 2.22. The van der Waals surface area contributed by atoms with Crippen LogP contribution in [0.15, 0.2) is 40.2 Å². The van der Waals surface area contributed by atoms with Gasteiger partial charge in [0.25, 0.3) is 0 Å². The number of benzene rings is 1. The highest BCUT2D eigenvalue weighted by Gasteiger charge is 2.22. The second kappa shape index (κ2) is 11.0. The second-order valence-corrected chi connectivity index (χ2v) is 7.85. The van der Waals surface area contributed by atoms with E-state index in [0.29, 0.717) is 17.7 Å². The van der Waals surface area contributed by atoms with Crippen LogP contribution in [0.4, 0.5) is 0 Å². The van der Waals surface area contributed by atoms with Crippen LogP contribution < -0.4 is 16.0 Å². The molecule has 0 saturated heterocycles. The third kappa shape index (κ3) is 8.82. The second-order valence-electron chi connectivity index (χ2n) is 6.33. The molecule has 2 rings (SSSR count). The zero-order valence-electron chi connectivity index (χ0n) is 15.3. The molecule has 1 saturated carbocycles. The van der Waals surface area contributed by atoms with Crippen molar-refractivity contribution in [1.82, 2.24) is 16.0 Å². The van der Waals surface area contributed by atoms with Crippen molar-refractivity contribution in [3.05, 3.63) is 30.3 Å². The standard InChI is InChI=1S/C19H30N4OS/c1-3-20-19(21-13-7-10-18(24)23-16-11-12-16)22-14-15(2)25-17-8-5-4-6-9-17/h4-6,8-9,15-16H,3,7,10-14H2,1-2H3,(H,23,24)(H2,20,21,22). The van der Waals surface area contributed by atoms with Crippen molar-refractivity contribution in [2.75, 3.05) is 19.6 Å². The Balaban J connectivity index is 1.66. The molecule has 5 nitrogen and oxygen atoms in total. The highest BCUT2D eigenvalue weighted by atomic mass is 32.2. The molecule has 0 aromatic heterocycles. The van der Waals surface area contributed by atoms with E-state index >= 15 is 0 Å². The molecule has 25 heavy (non-hydrogen) atoms. The number of hydrogen-bond donors (Lipinski definition) is 3. The van der Waals surface area contributed by atoms with Crippen LogP contribution >= 0.6 is 11.8 Å². The Morgan fingerprint density at radius 1 is 1.28 bits per heavy atom. The summed E-state index contributed by atoms with van der Waals surface area (Å²) in [4.78, 5) is 17.6. The van der Waals surface area contributed by atoms with Gasteiger partial charge in [-0.25, -0.2) is 0 Å². The molecule has 1 aromatic carbocycles. The summed E-state index contributed by atoms with van der Waals surface area (Å²) in [5.74, 6) is 0.990. The summed E-state index contributed by atoms with van der Waals surface area (Å²) in [6.07, 6.45) is 3.67. The predicted molar refractivity (Wildman–Crippen MR) is 106 cm³/mol. The molecule has 0 radical (unpaired) electrons. The lowest BCUT2D eigenvalue weighted by molar-refractivity contribution is -0.121. The normalized spacial score (nSPS) is 15.5. The van der Waals surface area contributed by atoms with Gasteiger partial charge in [-0.1, -0.05) is 25.1 Å². The largest absolute Gasteiger partial charge is 0.357 e. The van der Waals surface area contributed by atoms with E-state index < -0.39 is 0 Å². The molecule has 1 unspecified atom stereocenters. The summed E-state index contributed by atoms with van der Waals surface area (Å²) in [6.45, 7) is 6.57. The number of guanidine groups is 1. The molecule has 138 valence electrons. The summed E-state index contributed by atoms with van der Waals surface area (Å²) in [5.41, 5.74) is 0. The third-order valence-electron chi connectivity index (χ3n) is 3.75. The van der Waals surface area contributed by atoms with Crippen LogP contribution in [0.1, 0.15) is 39.5 Å². The van der Waals surface area contributed by atoms with Crippen molar-refractivity contribution >= 4 is 23.6 Å². The molecular formula is C19H30N4OS. The molecule has 1 aliphatic rings. The van der Waals surface area contributed by atoms with Crippen LogP contribution in [0.25, 0.3) is 0 Å². The molecule has 1 amide bonds. The topological polar surface area (TPSA) is 65.5 Å². The van der Waals surface area contributed by atoms with Gasteiger partial charge < -0.3 is 16.0 Å². The zero-order valence-corrected chi connectivity index (χ0v) is 16.1. The molecule has 0 heterocycles. The van der Waals surface area contributed by atoms with E-state index in [-0.39, 0.29) is 5.91 Å². The number of carbonyl (C=O) groups is 1. The lowest BCUT2D eigenvalue weighted by Crippen LogP contribution is -2.38. The van der Waals surface area contributed by atoms with E-state index in [2.05, 4.69) is 59.1 Å². The van der Waals surface area contributed by atoms with E-state index in [4.69, 9.17) is 0 Å². The number of thioether (sulfide) groups is 1. The Morgan fingerprint density at radius 3 is 2.72 bits per heavy atom. The summed E-state index contributed by atoms with van der Waals surface area (Å²) in [6, 6.07) is 10.8. The minimum Gasteiger partial charge on any atom is -0.357 e. The fraction of sp³-hybridized carbons (Fsp3) is 0.579. The first kappa shape index (κ1) is 19.6. The van der Waals surface area contributed by atoms with Crippen molar-refractivity contribution in [3.8, 4) is 0 Å². The Kier molecular flexibility index (Phi) is 8.66. The van der Waals surface area contributed by atoms with Gasteiger partial charge in [0.2, 0.25) is 5.91 Å². The molecule has 0 spiro atoms. The molecule has 6 heteroatoms. The van der Waals surface area contributed by atoms with Gasteiger partial charge in [-0.05, 0) is 38.3 Å². The monoisotopic (exact) mass is 362 g/mol. The third-order valence-corrected chi connectivity index (χ3v) is 4.84. The first-order valence-electron chi connectivity index (χ1n) is 9.20. The van der Waals surface area contributed by atoms with E-state index in [1.165, 1.54) is 4.90 Å². The highest BCUT2D eigenvalue weighted by molar-refractivity contribution is 8.00. The van der Waals surface area contributed by atoms with Crippen LogP contribution in [0.2, 0.25) is 0 Å². The molecule has 0 aliphatic heterocycles. The summed E-state index contributed by atoms with van der Waals surface area (Å²) >= 11 is 1.83. The predicted octanol–water partition coefficient (Wildman–Crippen LogP) is 2.78. The molecular weight excluding hydrogens is 332 g/mol. The van der Waals surface area contributed by atoms with Crippen LogP contribution in [-0.2, 0) is 4.79 Å². The Labute approximate surface area is 155 Å². The minimum absolute atomic E-state index is 0.166.